The fourth-order valence-electron chi connectivity index (χ4n) is 2.49. The number of hydrogen-bond acceptors (Lipinski definition) is 7. The number of carbonyl (C=O) groups excluding carboxylic acids is 3. The monoisotopic (exact) mass is 503 g/mol. The molecule has 0 unspecified atom stereocenters. The van der Waals surface area contributed by atoms with Gasteiger partial charge in [-0.1, -0.05) is 20.8 Å². The molecule has 0 aliphatic carbocycles. The van der Waals surface area contributed by atoms with Crippen LogP contribution in [0, 0.1) is 0 Å². The Labute approximate surface area is 208 Å². The predicted octanol–water partition coefficient (Wildman–Crippen LogP) is 6.67. The Balaban J connectivity index is 5.98. The molecular formula is C25H49NO7Si. The van der Waals surface area contributed by atoms with Crippen LogP contribution >= 0.6 is 0 Å². The lowest BCUT2D eigenvalue weighted by atomic mass is 10.1. The highest BCUT2D eigenvalue weighted by Crippen LogP contribution is 2.36. The number of nitrogens with zero attached hydrogens (tertiary/aromatic N) is 1. The maximum atomic E-state index is 13.2. The average Bonchev–Trinajstić information content (AvgIpc) is 2.51. The molecule has 34 heavy (non-hydrogen) atoms. The molecule has 0 N–H and O–H groups in total. The Kier molecular flexibility index (Phi) is 10.9. The van der Waals surface area contributed by atoms with Crippen LogP contribution in [0.25, 0.3) is 0 Å². The number of carbonyl (C=O) groups is 3. The van der Waals surface area contributed by atoms with Gasteiger partial charge in [0.1, 0.15) is 22.8 Å². The standard InChI is InChI=1S/C25H49NO7Si/c1-22(2,3)31-19(27)18(16-15-17-30-34(13,14)25(10,11)12)26(20(28)32-23(4,5)6)21(29)33-24(7,8)9/h18H,15-17H2,1-14H3/t18-/m0/s1. The molecule has 0 radical (unpaired) electrons. The topological polar surface area (TPSA) is 91.4 Å². The third kappa shape index (κ3) is 12.2. The van der Waals surface area contributed by atoms with E-state index in [1.54, 1.807) is 62.3 Å². The summed E-state index contributed by atoms with van der Waals surface area (Å²) in [5, 5.41) is 0.0383. The highest BCUT2D eigenvalue weighted by Gasteiger charge is 2.42. The van der Waals surface area contributed by atoms with Gasteiger partial charge in [0.05, 0.1) is 0 Å². The molecule has 1 atom stereocenters. The van der Waals surface area contributed by atoms with Crippen LogP contribution in [-0.4, -0.2) is 60.8 Å². The van der Waals surface area contributed by atoms with Crippen LogP contribution < -0.4 is 0 Å². The number of amides is 2. The van der Waals surface area contributed by atoms with E-state index in [4.69, 9.17) is 18.6 Å². The highest BCUT2D eigenvalue weighted by atomic mass is 28.4. The zero-order valence-corrected chi connectivity index (χ0v) is 25.0. The number of hydrogen-bond donors (Lipinski definition) is 0. The van der Waals surface area contributed by atoms with E-state index < -0.39 is 49.3 Å². The first-order valence-corrected chi connectivity index (χ1v) is 14.9. The average molecular weight is 504 g/mol. The normalized spacial score (nSPS) is 14.3. The van der Waals surface area contributed by atoms with Crippen molar-refractivity contribution in [3.8, 4) is 0 Å². The van der Waals surface area contributed by atoms with Gasteiger partial charge in [0.2, 0.25) is 0 Å². The number of ether oxygens (including phenoxy) is 3. The molecule has 0 rings (SSSR count). The van der Waals surface area contributed by atoms with E-state index in [1.807, 2.05) is 0 Å². The Hall–Kier alpha value is -1.61. The first-order chi connectivity index (χ1) is 14.9. The summed E-state index contributed by atoms with van der Waals surface area (Å²) in [4.78, 5) is 40.1. The van der Waals surface area contributed by atoms with Crippen LogP contribution in [0.5, 0.6) is 0 Å². The third-order valence-corrected chi connectivity index (χ3v) is 9.60. The first-order valence-electron chi connectivity index (χ1n) is 12.0. The summed E-state index contributed by atoms with van der Waals surface area (Å²) in [7, 11) is -1.99. The second kappa shape index (κ2) is 11.4. The van der Waals surface area contributed by atoms with Gasteiger partial charge >= 0.3 is 18.2 Å². The quantitative estimate of drug-likeness (QED) is 0.166. The van der Waals surface area contributed by atoms with Gasteiger partial charge in [-0.15, -0.1) is 0 Å². The van der Waals surface area contributed by atoms with Crippen molar-refractivity contribution in [3.63, 3.8) is 0 Å². The number of esters is 1. The Morgan fingerprint density at radius 2 is 1.09 bits per heavy atom. The second-order valence-electron chi connectivity index (χ2n) is 13.1. The van der Waals surface area contributed by atoms with E-state index in [0.29, 0.717) is 13.0 Å². The molecule has 8 nitrogen and oxygen atoms in total. The molecule has 0 aromatic carbocycles. The molecule has 0 fully saturated rings. The lowest BCUT2D eigenvalue weighted by Crippen LogP contribution is -2.53. The largest absolute Gasteiger partial charge is 0.458 e. The zero-order valence-electron chi connectivity index (χ0n) is 24.0. The Morgan fingerprint density at radius 1 is 0.706 bits per heavy atom. The van der Waals surface area contributed by atoms with Gasteiger partial charge < -0.3 is 18.6 Å². The third-order valence-electron chi connectivity index (χ3n) is 5.06. The molecule has 0 spiro atoms. The lowest BCUT2D eigenvalue weighted by molar-refractivity contribution is -0.161. The Bertz CT molecular complexity index is 679. The van der Waals surface area contributed by atoms with Crippen molar-refractivity contribution in [1.29, 1.82) is 0 Å². The van der Waals surface area contributed by atoms with Gasteiger partial charge in [0, 0.05) is 6.61 Å². The van der Waals surface area contributed by atoms with Crippen LogP contribution in [0.1, 0.15) is 95.9 Å². The van der Waals surface area contributed by atoms with Gasteiger partial charge in [0.25, 0.3) is 0 Å². The first kappa shape index (κ1) is 32.4. The second-order valence-corrected chi connectivity index (χ2v) is 17.9. The van der Waals surface area contributed by atoms with Crippen LogP contribution in [0.4, 0.5) is 9.59 Å². The van der Waals surface area contributed by atoms with E-state index in [2.05, 4.69) is 33.9 Å². The van der Waals surface area contributed by atoms with E-state index in [-0.39, 0.29) is 11.5 Å². The van der Waals surface area contributed by atoms with Crippen molar-refractivity contribution in [2.75, 3.05) is 6.61 Å². The smallest absolute Gasteiger partial charge is 0.420 e. The molecule has 0 saturated heterocycles. The Morgan fingerprint density at radius 3 is 1.41 bits per heavy atom. The molecule has 0 aliphatic rings. The van der Waals surface area contributed by atoms with Crippen molar-refractivity contribution >= 4 is 26.5 Å². The molecule has 9 heteroatoms. The fraction of sp³-hybridized carbons (Fsp3) is 0.880. The van der Waals surface area contributed by atoms with Crippen molar-refractivity contribution in [2.45, 2.75) is 137 Å². The fourth-order valence-corrected chi connectivity index (χ4v) is 3.58. The molecule has 0 aromatic rings. The number of rotatable bonds is 7. The van der Waals surface area contributed by atoms with Crippen LogP contribution in [0.2, 0.25) is 18.1 Å². The van der Waals surface area contributed by atoms with Crippen molar-refractivity contribution in [3.05, 3.63) is 0 Å². The summed E-state index contributed by atoms with van der Waals surface area (Å²) in [6.45, 7) is 26.4. The summed E-state index contributed by atoms with van der Waals surface area (Å²) in [5.74, 6) is -0.698. The zero-order chi connectivity index (χ0) is 27.3. The van der Waals surface area contributed by atoms with Crippen LogP contribution in [0.3, 0.4) is 0 Å². The van der Waals surface area contributed by atoms with Crippen molar-refractivity contribution in [1.82, 2.24) is 4.90 Å². The minimum atomic E-state index is -1.99. The highest BCUT2D eigenvalue weighted by molar-refractivity contribution is 6.74. The molecule has 0 aliphatic heterocycles. The van der Waals surface area contributed by atoms with Gasteiger partial charge in [-0.25, -0.2) is 14.4 Å². The molecule has 200 valence electrons. The van der Waals surface area contributed by atoms with Gasteiger partial charge in [-0.2, -0.15) is 4.90 Å². The van der Waals surface area contributed by atoms with E-state index in [0.717, 1.165) is 4.90 Å². The SMILES string of the molecule is CC(C)(C)OC(=O)[C@H](CCCO[Si](C)(C)C(C)(C)C)N(C(=O)OC(C)(C)C)C(=O)OC(C)(C)C. The van der Waals surface area contributed by atoms with E-state index >= 15 is 0 Å². The molecule has 2 amide bonds. The van der Waals surface area contributed by atoms with Crippen LogP contribution in [0.15, 0.2) is 0 Å². The maximum absolute atomic E-state index is 13.2. The summed E-state index contributed by atoms with van der Waals surface area (Å²) in [6, 6.07) is -1.22. The predicted molar refractivity (Wildman–Crippen MR) is 136 cm³/mol. The van der Waals surface area contributed by atoms with Crippen molar-refractivity contribution in [2.24, 2.45) is 0 Å². The molecule has 0 saturated carbocycles. The minimum absolute atomic E-state index is 0.0383. The summed E-state index contributed by atoms with van der Waals surface area (Å²) in [6.07, 6.45) is -1.31. The minimum Gasteiger partial charge on any atom is -0.458 e. The molecule has 0 aromatic heterocycles. The maximum Gasteiger partial charge on any atom is 0.420 e. The van der Waals surface area contributed by atoms with E-state index in [1.165, 1.54) is 0 Å². The van der Waals surface area contributed by atoms with Gasteiger partial charge in [-0.05, 0) is 93.3 Å². The summed E-state index contributed by atoms with van der Waals surface area (Å²) in [5.41, 5.74) is -2.55. The van der Waals surface area contributed by atoms with Crippen LogP contribution in [-0.2, 0) is 23.4 Å². The van der Waals surface area contributed by atoms with E-state index in [9.17, 15) is 14.4 Å². The number of imide groups is 1. The molecule has 0 heterocycles. The summed E-state index contributed by atoms with van der Waals surface area (Å²) >= 11 is 0. The summed E-state index contributed by atoms with van der Waals surface area (Å²) < 4.78 is 22.7. The lowest BCUT2D eigenvalue weighted by Gasteiger charge is -2.36. The molecular weight excluding hydrogens is 454 g/mol. The van der Waals surface area contributed by atoms with Gasteiger partial charge in [-0.3, -0.25) is 0 Å². The van der Waals surface area contributed by atoms with Gasteiger partial charge in [0.15, 0.2) is 8.32 Å². The molecule has 0 bridgehead atoms. The van der Waals surface area contributed by atoms with Crippen molar-refractivity contribution < 1.29 is 33.0 Å².